The first-order chi connectivity index (χ1) is 29.0. The van der Waals surface area contributed by atoms with Crippen molar-refractivity contribution in [2.24, 2.45) is 0 Å². The third-order valence-electron chi connectivity index (χ3n) is 11.8. The molecule has 3 aliphatic rings. The minimum Gasteiger partial charge on any atom is -0.481 e. The van der Waals surface area contributed by atoms with Crippen LogP contribution in [0.1, 0.15) is 76.8 Å². The Kier molecular flexibility index (Phi) is 15.5. The van der Waals surface area contributed by atoms with E-state index in [9.17, 15) is 48.8 Å². The molecule has 0 bridgehead atoms. The summed E-state index contributed by atoms with van der Waals surface area (Å²) in [5, 5.41) is 19.7. The fourth-order valence-corrected chi connectivity index (χ4v) is 10.5. The van der Waals surface area contributed by atoms with Gasteiger partial charge >= 0.3 is 5.97 Å². The van der Waals surface area contributed by atoms with Gasteiger partial charge in [-0.1, -0.05) is 23.8 Å². The third kappa shape index (κ3) is 10.9. The van der Waals surface area contributed by atoms with Crippen LogP contribution in [0.2, 0.25) is 0 Å². The fraction of sp³-hybridized carbons (Fsp3) is 0.476. The van der Waals surface area contributed by atoms with Gasteiger partial charge in [-0.25, -0.2) is 0 Å². The lowest BCUT2D eigenvalue weighted by atomic mass is 9.75. The van der Waals surface area contributed by atoms with Crippen LogP contribution in [0.3, 0.4) is 0 Å². The lowest BCUT2D eigenvalue weighted by molar-refractivity contribution is -0.441. The minimum atomic E-state index is -4.61. The molecule has 20 heteroatoms. The zero-order chi connectivity index (χ0) is 45.8. The quantitative estimate of drug-likeness (QED) is 0.0586. The van der Waals surface area contributed by atoms with Gasteiger partial charge in [-0.2, -0.15) is 29.8 Å². The fourth-order valence-electron chi connectivity index (χ4n) is 8.63. The Bertz CT molecular complexity index is 2570. The van der Waals surface area contributed by atoms with Crippen molar-refractivity contribution in [1.82, 2.24) is 0 Å². The average molecular weight is 943 g/mol. The molecule has 0 radical (unpaired) electrons. The van der Waals surface area contributed by atoms with Crippen LogP contribution in [0.5, 0.6) is 0 Å². The molecule has 0 saturated heterocycles. The van der Waals surface area contributed by atoms with Crippen LogP contribution < -0.4 is 4.90 Å². The molecule has 0 saturated carbocycles. The smallest absolute Gasteiger partial charge is 0.305 e. The number of nitrogens with zero attached hydrogens (tertiary/aromatic N) is 2. The van der Waals surface area contributed by atoms with Crippen molar-refractivity contribution >= 4 is 65.0 Å². The molecular weight excluding hydrogens is 888 g/mol. The molecule has 3 atom stereocenters. The number of carbonyl (C=O) groups is 1. The lowest BCUT2D eigenvalue weighted by Crippen LogP contribution is -2.38. The molecule has 2 aromatic rings. The summed E-state index contributed by atoms with van der Waals surface area (Å²) < 4.78 is 115. The first-order valence-corrected chi connectivity index (χ1v) is 24.8. The zero-order valence-corrected chi connectivity index (χ0v) is 38.2. The third-order valence-corrected chi connectivity index (χ3v) is 14.8. The van der Waals surface area contributed by atoms with E-state index >= 15 is 0 Å². The average Bonchev–Trinajstić information content (AvgIpc) is 3.56. The second-order valence-corrected chi connectivity index (χ2v) is 20.9. The number of benzene rings is 2. The molecule has 0 spiro atoms. The number of β-amino-alcohol motifs (C(OH)–C–C–N with tert-alkyl or cyclic N) is 1. The van der Waals surface area contributed by atoms with Gasteiger partial charge in [-0.15, -0.1) is 0 Å². The normalized spacial score (nSPS) is 22.6. The minimum absolute atomic E-state index is 0.00851. The Balaban J connectivity index is 1.60. The van der Waals surface area contributed by atoms with E-state index < -0.39 is 52.9 Å². The summed E-state index contributed by atoms with van der Waals surface area (Å²) >= 11 is 7.19. The first-order valence-electron chi connectivity index (χ1n) is 20.0. The number of fused-ring (bicyclic) bond motifs is 2. The number of aliphatic carboxylic acids is 1. The topological polar surface area (TPSA) is 245 Å². The number of aliphatic hydroxyl groups is 1. The summed E-state index contributed by atoms with van der Waals surface area (Å²) in [6, 6.07) is 8.15. The number of aliphatic hydroxyl groups excluding tert-OH is 1. The van der Waals surface area contributed by atoms with Crippen molar-refractivity contribution < 1.29 is 68.0 Å². The van der Waals surface area contributed by atoms with Gasteiger partial charge in [0, 0.05) is 53.3 Å². The summed E-state index contributed by atoms with van der Waals surface area (Å²) in [4.78, 5) is 12.6. The Morgan fingerprint density at radius 1 is 0.919 bits per heavy atom. The van der Waals surface area contributed by atoms with Crippen molar-refractivity contribution in [3.05, 3.63) is 93.7 Å². The van der Waals surface area contributed by atoms with E-state index in [1.807, 2.05) is 43.1 Å². The van der Waals surface area contributed by atoms with Gasteiger partial charge < -0.3 is 24.6 Å². The van der Waals surface area contributed by atoms with Crippen molar-refractivity contribution in [3.8, 4) is 0 Å². The van der Waals surface area contributed by atoms with Crippen LogP contribution in [-0.2, 0) is 55.5 Å². The Morgan fingerprint density at radius 2 is 1.58 bits per heavy atom. The zero-order valence-electron chi connectivity index (χ0n) is 35.0. The second kappa shape index (κ2) is 19.5. The van der Waals surface area contributed by atoms with Crippen molar-refractivity contribution in [2.75, 3.05) is 50.7 Å². The second-order valence-electron chi connectivity index (χ2n) is 16.1. The van der Waals surface area contributed by atoms with Gasteiger partial charge in [-0.05, 0) is 112 Å². The van der Waals surface area contributed by atoms with Crippen LogP contribution >= 0.6 is 11.6 Å². The number of anilines is 1. The highest BCUT2D eigenvalue weighted by atomic mass is 35.5. The van der Waals surface area contributed by atoms with Gasteiger partial charge in [0.25, 0.3) is 30.4 Å². The van der Waals surface area contributed by atoms with E-state index in [0.717, 1.165) is 16.8 Å². The maximum atomic E-state index is 12.3. The molecule has 0 aromatic heterocycles. The number of ether oxygens (including phenoxy) is 2. The molecule has 3 unspecified atom stereocenters. The molecule has 0 amide bonds. The molecule has 5 rings (SSSR count). The molecule has 2 aromatic carbocycles. The monoisotopic (exact) mass is 941 g/mol. The number of hydrogen-bond donors (Lipinski definition) is 5. The summed E-state index contributed by atoms with van der Waals surface area (Å²) in [6.45, 7) is 5.91. The molecule has 2 aliphatic heterocycles. The van der Waals surface area contributed by atoms with Gasteiger partial charge in [-0.3, -0.25) is 18.5 Å². The summed E-state index contributed by atoms with van der Waals surface area (Å²) in [6.07, 6.45) is 9.77. The Labute approximate surface area is 368 Å². The molecule has 340 valence electrons. The van der Waals surface area contributed by atoms with Crippen LogP contribution in [0, 0.1) is 0 Å². The van der Waals surface area contributed by atoms with E-state index in [1.165, 1.54) is 30.3 Å². The maximum Gasteiger partial charge on any atom is 0.305 e. The van der Waals surface area contributed by atoms with Gasteiger partial charge in [0.1, 0.15) is 6.61 Å². The number of rotatable bonds is 20. The number of halogens is 1. The van der Waals surface area contributed by atoms with Gasteiger partial charge in [0.05, 0.1) is 46.6 Å². The summed E-state index contributed by atoms with van der Waals surface area (Å²) in [5.74, 6) is -1.54. The number of allylic oxidation sites excluding steroid dienone is 8. The molecule has 16 nitrogen and oxygen atoms in total. The van der Waals surface area contributed by atoms with E-state index in [2.05, 4.69) is 0 Å². The number of carboxylic acids is 1. The van der Waals surface area contributed by atoms with Gasteiger partial charge in [0.2, 0.25) is 5.69 Å². The molecule has 5 N–H and O–H groups in total. The SMILES string of the molecule is COCCC1(C)C(=CC=C2CCCC(C=CC3=[N+](CCO)c4ccc(S(=O)(=O)O)cc4C3(C)CCCS(=O)(=O)O)=C2Cl)N(C(C)COCCC(=O)O)c2ccc(S(=O)(=O)O)cc21. The van der Waals surface area contributed by atoms with Crippen LogP contribution in [0.4, 0.5) is 11.4 Å². The summed E-state index contributed by atoms with van der Waals surface area (Å²) in [5.41, 5.74) is 3.39. The molecule has 62 heavy (non-hydrogen) atoms. The molecular formula is C42H54ClN2O14S3+. The number of carboxylic acid groups (broad SMARTS) is 1. The molecule has 2 heterocycles. The van der Waals surface area contributed by atoms with E-state index in [-0.39, 0.29) is 61.5 Å². The number of methoxy groups -OCH3 is 1. The van der Waals surface area contributed by atoms with Crippen LogP contribution in [0.15, 0.2) is 92.4 Å². The highest BCUT2D eigenvalue weighted by Gasteiger charge is 2.48. The number of hydrogen-bond acceptors (Lipinski definition) is 11. The molecule has 0 fully saturated rings. The Hall–Kier alpha value is -3.76. The van der Waals surface area contributed by atoms with Crippen LogP contribution in [0.25, 0.3) is 0 Å². The molecule has 1 aliphatic carbocycles. The highest BCUT2D eigenvalue weighted by molar-refractivity contribution is 7.86. The first kappa shape index (κ1) is 49.3. The van der Waals surface area contributed by atoms with E-state index in [1.54, 1.807) is 24.7 Å². The highest BCUT2D eigenvalue weighted by Crippen LogP contribution is 2.52. The van der Waals surface area contributed by atoms with Crippen molar-refractivity contribution in [1.29, 1.82) is 0 Å². The Morgan fingerprint density at radius 3 is 2.19 bits per heavy atom. The maximum absolute atomic E-state index is 12.3. The van der Waals surface area contributed by atoms with Crippen molar-refractivity contribution in [2.45, 2.75) is 92.4 Å². The van der Waals surface area contributed by atoms with Gasteiger partial charge in [0.15, 0.2) is 12.3 Å². The largest absolute Gasteiger partial charge is 0.481 e. The standard InChI is InChI=1S/C42H53ClN2O14S3/c1-28(27-59-22-17-39(47)48)45-36-14-12-32(62(55,56)57)26-34(36)42(3,19-23-58-4)38(45)16-10-30-8-5-7-29(40(30)43)9-15-37-41(2,18-6-24-60(49,50)51)33-25-31(61(52,53)54)11-13-35(33)44(37)20-21-46/h9-16,25-26,28,46H,5-8,17-24,27H2,1-4H3,(H3-,47,48,49,50,51,52,53,54,55,56,57)/p+1. The van der Waals surface area contributed by atoms with E-state index in [4.69, 9.17) is 26.2 Å². The van der Waals surface area contributed by atoms with Crippen molar-refractivity contribution in [3.63, 3.8) is 0 Å². The predicted molar refractivity (Wildman–Crippen MR) is 233 cm³/mol. The van der Waals surface area contributed by atoms with E-state index in [0.29, 0.717) is 65.5 Å². The van der Waals surface area contributed by atoms with Crippen LogP contribution in [-0.4, -0.2) is 117 Å². The predicted octanol–water partition coefficient (Wildman–Crippen LogP) is 5.93. The summed E-state index contributed by atoms with van der Waals surface area (Å²) in [7, 11) is -11.9. The lowest BCUT2D eigenvalue weighted by Gasteiger charge is -2.34.